The van der Waals surface area contributed by atoms with Gasteiger partial charge in [-0.1, -0.05) is 50.8 Å². The Morgan fingerprint density at radius 3 is 2.42 bits per heavy atom. The van der Waals surface area contributed by atoms with Crippen molar-refractivity contribution in [3.05, 3.63) is 48.0 Å². The molecule has 1 N–H and O–H groups in total. The van der Waals surface area contributed by atoms with Gasteiger partial charge in [-0.3, -0.25) is 4.55 Å². The summed E-state index contributed by atoms with van der Waals surface area (Å²) in [6, 6.07) is 10.4. The summed E-state index contributed by atoms with van der Waals surface area (Å²) in [6.45, 7) is 2.16. The van der Waals surface area contributed by atoms with Crippen molar-refractivity contribution in [2.24, 2.45) is 0 Å². The summed E-state index contributed by atoms with van der Waals surface area (Å²) in [4.78, 5) is -0.307. The van der Waals surface area contributed by atoms with Crippen molar-refractivity contribution in [2.45, 2.75) is 50.3 Å². The molecule has 2 rings (SSSR count). The van der Waals surface area contributed by atoms with Crippen LogP contribution in [0.4, 0.5) is 0 Å². The zero-order valence-electron chi connectivity index (χ0n) is 15.3. The van der Waals surface area contributed by atoms with E-state index >= 15 is 0 Å². The molecule has 0 spiro atoms. The summed E-state index contributed by atoms with van der Waals surface area (Å²) in [5.41, 5.74) is 0.928. The first kappa shape index (κ1) is 23.6. The molecule has 0 unspecified atom stereocenters. The number of ether oxygens (including phenoxy) is 1. The van der Waals surface area contributed by atoms with Gasteiger partial charge >= 0.3 is 51.4 Å². The summed E-state index contributed by atoms with van der Waals surface area (Å²) >= 11 is 0. The number of rotatable bonds is 9. The van der Waals surface area contributed by atoms with Crippen molar-refractivity contribution < 1.29 is 74.2 Å². The Hall–Kier alpha value is -0.414. The predicted octanol–water partition coefficient (Wildman–Crippen LogP) is 1.32. The quantitative estimate of drug-likeness (QED) is 0.388. The first-order valence-corrected chi connectivity index (χ1v) is 9.89. The maximum atomic E-state index is 11.6. The van der Waals surface area contributed by atoms with Crippen LogP contribution in [0, 0.1) is 0 Å². The normalized spacial score (nSPS) is 11.0. The standard InChI is InChI=1S/C19H24O5S.K/c1-2-3-4-5-6-8-15-11-12-19(25(21,22)23)18(13-15)24-17-10-7-9-16(20)14-17;/h7,9-14,20H,2-6,8H2,1H3,(H,21,22,23);/q;+1/p-1. The first-order chi connectivity index (χ1) is 11.9. The van der Waals surface area contributed by atoms with Crippen LogP contribution in [0.15, 0.2) is 47.4 Å². The molecule has 0 heterocycles. The van der Waals surface area contributed by atoms with E-state index in [4.69, 9.17) is 4.74 Å². The van der Waals surface area contributed by atoms with Crippen LogP contribution in [0.1, 0.15) is 44.6 Å². The number of benzene rings is 2. The molecule has 0 aromatic heterocycles. The Morgan fingerprint density at radius 2 is 1.77 bits per heavy atom. The number of hydrogen-bond donors (Lipinski definition) is 1. The van der Waals surface area contributed by atoms with E-state index in [-0.39, 0.29) is 73.5 Å². The molecular weight excluding hydrogens is 379 g/mol. The minimum absolute atomic E-state index is 0. The van der Waals surface area contributed by atoms with Gasteiger partial charge in [-0.2, -0.15) is 8.42 Å². The fraction of sp³-hybridized carbons (Fsp3) is 0.368. The number of aryl methyl sites for hydroxylation is 1. The molecule has 0 aliphatic heterocycles. The molecule has 7 heteroatoms. The van der Waals surface area contributed by atoms with Crippen LogP contribution in [0.3, 0.4) is 0 Å². The molecule has 2 aromatic carbocycles. The van der Waals surface area contributed by atoms with Gasteiger partial charge in [-0.05, 0) is 42.7 Å². The average molecular weight is 403 g/mol. The topological polar surface area (TPSA) is 86.7 Å². The molecule has 0 saturated heterocycles. The molecule has 26 heavy (non-hydrogen) atoms. The number of unbranched alkanes of at least 4 members (excludes halogenated alkanes) is 4. The Balaban J connectivity index is 0.00000338. The molecule has 0 aliphatic carbocycles. The largest absolute Gasteiger partial charge is 1.00 e. The summed E-state index contributed by atoms with van der Waals surface area (Å²) < 4.78 is 38.1. The van der Waals surface area contributed by atoms with E-state index in [1.165, 1.54) is 43.5 Å². The van der Waals surface area contributed by atoms with E-state index < -0.39 is 10.1 Å². The van der Waals surface area contributed by atoms with E-state index in [0.717, 1.165) is 24.8 Å². The van der Waals surface area contributed by atoms with Crippen LogP contribution < -0.4 is 61.2 Å². The minimum atomic E-state index is -4.42. The minimum Gasteiger partial charge on any atom is -0.872 e. The van der Waals surface area contributed by atoms with Crippen LogP contribution in [-0.2, 0) is 16.5 Å². The molecule has 0 amide bonds. The van der Waals surface area contributed by atoms with Crippen molar-refractivity contribution in [3.8, 4) is 17.2 Å². The third-order valence-electron chi connectivity index (χ3n) is 3.89. The van der Waals surface area contributed by atoms with Gasteiger partial charge in [0, 0.05) is 0 Å². The van der Waals surface area contributed by atoms with Crippen LogP contribution in [0.25, 0.3) is 0 Å². The van der Waals surface area contributed by atoms with Gasteiger partial charge in [-0.25, -0.2) is 0 Å². The summed E-state index contributed by atoms with van der Waals surface area (Å²) in [6.07, 6.45) is 6.48. The van der Waals surface area contributed by atoms with Gasteiger partial charge in [0.1, 0.15) is 16.4 Å². The smallest absolute Gasteiger partial charge is 0.872 e. The van der Waals surface area contributed by atoms with Crippen LogP contribution in [0.5, 0.6) is 17.2 Å². The van der Waals surface area contributed by atoms with E-state index in [2.05, 4.69) is 6.92 Å². The molecule has 0 aliphatic rings. The van der Waals surface area contributed by atoms with E-state index in [9.17, 15) is 18.1 Å². The zero-order chi connectivity index (χ0) is 18.3. The van der Waals surface area contributed by atoms with Crippen molar-refractivity contribution in [1.29, 1.82) is 0 Å². The maximum Gasteiger partial charge on any atom is 1.00 e. The van der Waals surface area contributed by atoms with E-state index in [0.29, 0.717) is 0 Å². The molecular formula is C19H23KO5S. The number of hydrogen-bond acceptors (Lipinski definition) is 4. The Morgan fingerprint density at radius 1 is 1.04 bits per heavy atom. The second kappa shape index (κ2) is 11.4. The third-order valence-corrected chi connectivity index (χ3v) is 4.78. The zero-order valence-corrected chi connectivity index (χ0v) is 19.2. The SMILES string of the molecule is CCCCCCCc1ccc(S(=O)(=O)O)c(Oc2cccc([O-])c2)c1.[K+]. The molecule has 5 nitrogen and oxygen atoms in total. The second-order valence-corrected chi connectivity index (χ2v) is 7.39. The molecule has 2 aromatic rings. The van der Waals surface area contributed by atoms with E-state index in [1.54, 1.807) is 18.2 Å². The van der Waals surface area contributed by atoms with Crippen LogP contribution in [0.2, 0.25) is 0 Å². The van der Waals surface area contributed by atoms with Gasteiger partial charge in [0.15, 0.2) is 0 Å². The first-order valence-electron chi connectivity index (χ1n) is 8.45. The molecule has 0 radical (unpaired) electrons. The Bertz CT molecular complexity index is 805. The molecule has 0 saturated carbocycles. The second-order valence-electron chi connectivity index (χ2n) is 6.00. The van der Waals surface area contributed by atoms with Gasteiger partial charge < -0.3 is 9.84 Å². The summed E-state index contributed by atoms with van der Waals surface area (Å²) in [5.74, 6) is 0.0228. The van der Waals surface area contributed by atoms with Crippen LogP contribution in [-0.4, -0.2) is 13.0 Å². The molecule has 136 valence electrons. The Kier molecular flexibility index (Phi) is 10.4. The van der Waals surface area contributed by atoms with Gasteiger partial charge in [-0.15, -0.1) is 5.75 Å². The predicted molar refractivity (Wildman–Crippen MR) is 94.7 cm³/mol. The van der Waals surface area contributed by atoms with E-state index in [1.807, 2.05) is 0 Å². The monoisotopic (exact) mass is 402 g/mol. The van der Waals surface area contributed by atoms with Crippen molar-refractivity contribution in [3.63, 3.8) is 0 Å². The summed E-state index contributed by atoms with van der Waals surface area (Å²) in [5, 5.41) is 11.4. The third kappa shape index (κ3) is 7.68. The van der Waals surface area contributed by atoms with Gasteiger partial charge in [0.25, 0.3) is 10.1 Å². The van der Waals surface area contributed by atoms with Crippen molar-refractivity contribution in [1.82, 2.24) is 0 Å². The summed E-state index contributed by atoms with van der Waals surface area (Å²) in [7, 11) is -4.42. The maximum absolute atomic E-state index is 11.6. The molecule has 0 fully saturated rings. The van der Waals surface area contributed by atoms with Crippen molar-refractivity contribution in [2.75, 3.05) is 0 Å². The van der Waals surface area contributed by atoms with Gasteiger partial charge in [0.2, 0.25) is 0 Å². The molecule has 0 bridgehead atoms. The molecule has 0 atom stereocenters. The Labute approximate surface area is 198 Å². The fourth-order valence-electron chi connectivity index (χ4n) is 2.60. The average Bonchev–Trinajstić information content (AvgIpc) is 2.54. The van der Waals surface area contributed by atoms with Crippen molar-refractivity contribution >= 4 is 10.1 Å². The van der Waals surface area contributed by atoms with Gasteiger partial charge in [0.05, 0.1) is 0 Å². The van der Waals surface area contributed by atoms with Crippen LogP contribution >= 0.6 is 0 Å². The fourth-order valence-corrected chi connectivity index (χ4v) is 3.19.